The van der Waals surface area contributed by atoms with Crippen LogP contribution in [0, 0.1) is 0 Å². The molecule has 2 N–H and O–H groups in total. The van der Waals surface area contributed by atoms with E-state index in [4.69, 9.17) is 11.6 Å². The number of carboxylic acid groups (broad SMARTS) is 1. The number of aromatic nitrogens is 1. The Hall–Kier alpha value is -2.30. The maximum Gasteiger partial charge on any atom is 0.353 e. The molecule has 130 valence electrons. The van der Waals surface area contributed by atoms with Gasteiger partial charge in [0.25, 0.3) is 0 Å². The molecule has 25 heavy (non-hydrogen) atoms. The highest BCUT2D eigenvalue weighted by Gasteiger charge is 2.22. The van der Waals surface area contributed by atoms with Gasteiger partial charge in [0.2, 0.25) is 0 Å². The van der Waals surface area contributed by atoms with Gasteiger partial charge in [-0.1, -0.05) is 54.9 Å². The molecule has 3 rings (SSSR count). The molecular formula is C20H21ClN2O2. The van der Waals surface area contributed by atoms with Crippen LogP contribution >= 0.6 is 11.6 Å². The van der Waals surface area contributed by atoms with E-state index in [0.717, 1.165) is 41.5 Å². The van der Waals surface area contributed by atoms with Crippen LogP contribution in [0.2, 0.25) is 5.02 Å². The van der Waals surface area contributed by atoms with Crippen molar-refractivity contribution in [1.29, 1.82) is 0 Å². The van der Waals surface area contributed by atoms with Gasteiger partial charge in [-0.05, 0) is 37.2 Å². The molecule has 2 aromatic carbocycles. The van der Waals surface area contributed by atoms with E-state index in [1.807, 2.05) is 41.0 Å². The van der Waals surface area contributed by atoms with Crippen LogP contribution in [0.5, 0.6) is 0 Å². The molecule has 0 aliphatic carbocycles. The smallest absolute Gasteiger partial charge is 0.353 e. The van der Waals surface area contributed by atoms with Gasteiger partial charge >= 0.3 is 5.97 Å². The third-order valence-electron chi connectivity index (χ3n) is 4.27. The third-order valence-corrected chi connectivity index (χ3v) is 4.50. The highest BCUT2D eigenvalue weighted by Crippen LogP contribution is 2.36. The van der Waals surface area contributed by atoms with Gasteiger partial charge in [-0.25, -0.2) is 4.79 Å². The lowest BCUT2D eigenvalue weighted by Crippen LogP contribution is -2.18. The van der Waals surface area contributed by atoms with E-state index in [9.17, 15) is 9.90 Å². The molecule has 0 aliphatic rings. The number of halogens is 1. The molecule has 3 aromatic rings. The molecule has 5 heteroatoms. The Morgan fingerprint density at radius 2 is 1.92 bits per heavy atom. The number of nitrogens with one attached hydrogen (secondary N) is 1. The number of carboxylic acids is 1. The maximum atomic E-state index is 12.0. The summed E-state index contributed by atoms with van der Waals surface area (Å²) in [6, 6.07) is 15.3. The molecule has 0 atom stereocenters. The monoisotopic (exact) mass is 356 g/mol. The van der Waals surface area contributed by atoms with Gasteiger partial charge in [-0.2, -0.15) is 0 Å². The van der Waals surface area contributed by atoms with Crippen molar-refractivity contribution >= 4 is 28.3 Å². The maximum absolute atomic E-state index is 12.0. The fourth-order valence-electron chi connectivity index (χ4n) is 3.22. The number of carbonyl (C=O) groups is 1. The summed E-state index contributed by atoms with van der Waals surface area (Å²) in [4.78, 5) is 12.0. The standard InChI is InChI=1S/C20H21ClN2O2/c1-2-22-11-6-12-23-18(14-7-4-3-5-8-14)17-13-15(21)9-10-16(17)19(23)20(24)25/h3-5,7-10,13,22H,2,6,11-12H2,1H3,(H,24,25). The molecule has 1 heterocycles. The number of aromatic carboxylic acids is 1. The Kier molecular flexibility index (Phi) is 5.41. The summed E-state index contributed by atoms with van der Waals surface area (Å²) in [5.41, 5.74) is 2.22. The Morgan fingerprint density at radius 1 is 1.16 bits per heavy atom. The van der Waals surface area contributed by atoms with Crippen molar-refractivity contribution in [2.24, 2.45) is 0 Å². The second kappa shape index (κ2) is 7.72. The van der Waals surface area contributed by atoms with Crippen LogP contribution in [-0.2, 0) is 6.54 Å². The van der Waals surface area contributed by atoms with Crippen LogP contribution in [0.3, 0.4) is 0 Å². The molecule has 0 fully saturated rings. The first-order valence-corrected chi connectivity index (χ1v) is 8.82. The predicted molar refractivity (Wildman–Crippen MR) is 103 cm³/mol. The quantitative estimate of drug-likeness (QED) is 0.605. The average molecular weight is 357 g/mol. The fraction of sp³-hybridized carbons (Fsp3) is 0.250. The van der Waals surface area contributed by atoms with Crippen LogP contribution in [0.15, 0.2) is 48.5 Å². The minimum atomic E-state index is -0.919. The Bertz CT molecular complexity index is 888. The van der Waals surface area contributed by atoms with Gasteiger partial charge < -0.3 is 15.0 Å². The van der Waals surface area contributed by atoms with Crippen molar-refractivity contribution in [3.05, 3.63) is 59.2 Å². The first-order chi connectivity index (χ1) is 12.1. The van der Waals surface area contributed by atoms with Crippen molar-refractivity contribution in [2.45, 2.75) is 19.9 Å². The summed E-state index contributed by atoms with van der Waals surface area (Å²) in [5, 5.41) is 15.3. The van der Waals surface area contributed by atoms with E-state index in [1.54, 1.807) is 12.1 Å². The molecule has 1 aromatic heterocycles. The SMILES string of the molecule is CCNCCCn1c(C(=O)O)c2ccc(Cl)cc2c1-c1ccccc1. The Morgan fingerprint density at radius 3 is 2.60 bits per heavy atom. The highest BCUT2D eigenvalue weighted by molar-refractivity contribution is 6.31. The van der Waals surface area contributed by atoms with E-state index in [1.165, 1.54) is 0 Å². The van der Waals surface area contributed by atoms with Gasteiger partial charge in [0.15, 0.2) is 0 Å². The van der Waals surface area contributed by atoms with Crippen LogP contribution in [0.25, 0.3) is 22.0 Å². The first-order valence-electron chi connectivity index (χ1n) is 8.44. The summed E-state index contributed by atoms with van der Waals surface area (Å²) in [7, 11) is 0. The number of rotatable bonds is 7. The van der Waals surface area contributed by atoms with Crippen LogP contribution in [-0.4, -0.2) is 28.7 Å². The molecule has 0 amide bonds. The molecule has 0 saturated carbocycles. The number of benzene rings is 2. The van der Waals surface area contributed by atoms with E-state index in [2.05, 4.69) is 12.2 Å². The molecular weight excluding hydrogens is 336 g/mol. The summed E-state index contributed by atoms with van der Waals surface area (Å²) >= 11 is 6.20. The van der Waals surface area contributed by atoms with Gasteiger partial charge in [-0.3, -0.25) is 0 Å². The molecule has 0 radical (unpaired) electrons. The molecule has 0 unspecified atom stereocenters. The van der Waals surface area contributed by atoms with Crippen molar-refractivity contribution in [3.63, 3.8) is 0 Å². The molecule has 4 nitrogen and oxygen atoms in total. The van der Waals surface area contributed by atoms with Crippen molar-refractivity contribution in [3.8, 4) is 11.3 Å². The minimum Gasteiger partial charge on any atom is -0.477 e. The zero-order valence-electron chi connectivity index (χ0n) is 14.1. The fourth-order valence-corrected chi connectivity index (χ4v) is 3.39. The molecule has 0 saturated heterocycles. The molecule has 0 bridgehead atoms. The summed E-state index contributed by atoms with van der Waals surface area (Å²) in [5.74, 6) is -0.919. The first kappa shape index (κ1) is 17.5. The van der Waals surface area contributed by atoms with Crippen molar-refractivity contribution in [1.82, 2.24) is 9.88 Å². The Labute approximate surface area is 152 Å². The normalized spacial score (nSPS) is 11.1. The van der Waals surface area contributed by atoms with E-state index >= 15 is 0 Å². The zero-order chi connectivity index (χ0) is 17.8. The van der Waals surface area contributed by atoms with Crippen LogP contribution in [0.1, 0.15) is 23.8 Å². The topological polar surface area (TPSA) is 54.3 Å². The van der Waals surface area contributed by atoms with Gasteiger partial charge in [0.05, 0.1) is 5.69 Å². The summed E-state index contributed by atoms with van der Waals surface area (Å²) < 4.78 is 1.91. The average Bonchev–Trinajstić information content (AvgIpc) is 2.92. The van der Waals surface area contributed by atoms with E-state index < -0.39 is 5.97 Å². The summed E-state index contributed by atoms with van der Waals surface area (Å²) in [6.45, 7) is 4.44. The number of hydrogen-bond acceptors (Lipinski definition) is 2. The highest BCUT2D eigenvalue weighted by atomic mass is 35.5. The number of hydrogen-bond donors (Lipinski definition) is 2. The number of fused-ring (bicyclic) bond motifs is 1. The van der Waals surface area contributed by atoms with E-state index in [-0.39, 0.29) is 0 Å². The van der Waals surface area contributed by atoms with Crippen molar-refractivity contribution < 1.29 is 9.90 Å². The van der Waals surface area contributed by atoms with Gasteiger partial charge in [-0.15, -0.1) is 0 Å². The largest absolute Gasteiger partial charge is 0.477 e. The van der Waals surface area contributed by atoms with Crippen LogP contribution < -0.4 is 5.32 Å². The third kappa shape index (κ3) is 3.55. The lowest BCUT2D eigenvalue weighted by Gasteiger charge is -2.12. The molecule has 0 spiro atoms. The predicted octanol–water partition coefficient (Wildman–Crippen LogP) is 4.66. The molecule has 0 aliphatic heterocycles. The van der Waals surface area contributed by atoms with E-state index in [0.29, 0.717) is 17.3 Å². The number of nitrogens with zero attached hydrogens (tertiary/aromatic N) is 1. The van der Waals surface area contributed by atoms with Gasteiger partial charge in [0.1, 0.15) is 5.69 Å². The van der Waals surface area contributed by atoms with Crippen LogP contribution in [0.4, 0.5) is 0 Å². The lowest BCUT2D eigenvalue weighted by molar-refractivity contribution is 0.0687. The minimum absolute atomic E-state index is 0.321. The second-order valence-corrected chi connectivity index (χ2v) is 6.35. The zero-order valence-corrected chi connectivity index (χ0v) is 14.9. The Balaban J connectivity index is 2.21. The lowest BCUT2D eigenvalue weighted by atomic mass is 10.1. The van der Waals surface area contributed by atoms with Crippen molar-refractivity contribution in [2.75, 3.05) is 13.1 Å². The summed E-state index contributed by atoms with van der Waals surface area (Å²) in [6.07, 6.45) is 0.850. The second-order valence-electron chi connectivity index (χ2n) is 5.92. The van der Waals surface area contributed by atoms with Gasteiger partial charge in [0, 0.05) is 22.3 Å².